The summed E-state index contributed by atoms with van der Waals surface area (Å²) >= 11 is 0. The molecule has 1 aromatic heterocycles. The average Bonchev–Trinajstić information content (AvgIpc) is 2.71. The molecule has 4 nitrogen and oxygen atoms in total. The van der Waals surface area contributed by atoms with E-state index in [1.54, 1.807) is 12.1 Å². The fourth-order valence-corrected chi connectivity index (χ4v) is 1.88. The lowest BCUT2D eigenvalue weighted by Gasteiger charge is -2.18. The molecule has 100 valence electrons. The van der Waals surface area contributed by atoms with Gasteiger partial charge in [-0.05, 0) is 45.4 Å². The fraction of sp³-hybridized carbons (Fsp3) is 0.333. The normalized spacial score (nSPS) is 11.6. The highest BCUT2D eigenvalue weighted by Gasteiger charge is 2.17. The molecule has 0 aliphatic heterocycles. The third-order valence-corrected chi connectivity index (χ3v) is 3.03. The molecule has 2 aromatic rings. The second-order valence-corrected chi connectivity index (χ2v) is 5.63. The third kappa shape index (κ3) is 2.67. The average molecular weight is 258 g/mol. The van der Waals surface area contributed by atoms with Gasteiger partial charge in [-0.1, -0.05) is 12.1 Å². The van der Waals surface area contributed by atoms with Crippen molar-refractivity contribution in [1.29, 1.82) is 0 Å². The van der Waals surface area contributed by atoms with Crippen molar-refractivity contribution in [2.45, 2.75) is 33.2 Å². The van der Waals surface area contributed by atoms with Crippen molar-refractivity contribution in [3.8, 4) is 11.1 Å². The fourth-order valence-electron chi connectivity index (χ4n) is 1.88. The lowest BCUT2D eigenvalue weighted by Crippen LogP contribution is -2.22. The molecule has 0 radical (unpaired) electrons. The first-order valence-electron chi connectivity index (χ1n) is 6.19. The van der Waals surface area contributed by atoms with Crippen molar-refractivity contribution < 1.29 is 9.90 Å². The minimum Gasteiger partial charge on any atom is -0.478 e. The van der Waals surface area contributed by atoms with Crippen LogP contribution in [0.25, 0.3) is 11.1 Å². The molecule has 0 amide bonds. The van der Waals surface area contributed by atoms with Crippen LogP contribution in [0.2, 0.25) is 0 Å². The molecule has 4 heteroatoms. The zero-order valence-electron chi connectivity index (χ0n) is 11.6. The Bertz CT molecular complexity index is 604. The van der Waals surface area contributed by atoms with E-state index in [2.05, 4.69) is 25.9 Å². The van der Waals surface area contributed by atoms with E-state index in [9.17, 15) is 4.79 Å². The van der Waals surface area contributed by atoms with E-state index in [0.717, 1.165) is 16.8 Å². The summed E-state index contributed by atoms with van der Waals surface area (Å²) in [6, 6.07) is 6.87. The molecule has 0 unspecified atom stereocenters. The summed E-state index contributed by atoms with van der Waals surface area (Å²) in [5.41, 5.74) is 3.19. The molecule has 0 saturated heterocycles. The van der Waals surface area contributed by atoms with E-state index in [0.29, 0.717) is 5.56 Å². The molecule has 0 spiro atoms. The number of benzene rings is 1. The number of carboxylic acid groups (broad SMARTS) is 1. The van der Waals surface area contributed by atoms with E-state index < -0.39 is 5.97 Å². The molecule has 1 N–H and O–H groups in total. The number of nitrogens with zero attached hydrogens (tertiary/aromatic N) is 2. The molecule has 0 atom stereocenters. The van der Waals surface area contributed by atoms with Crippen LogP contribution < -0.4 is 0 Å². The van der Waals surface area contributed by atoms with Crippen LogP contribution in [0.3, 0.4) is 0 Å². The summed E-state index contributed by atoms with van der Waals surface area (Å²) in [6.45, 7) is 8.24. The molecule has 2 rings (SSSR count). The summed E-state index contributed by atoms with van der Waals surface area (Å²) in [5.74, 6) is -0.909. The van der Waals surface area contributed by atoms with Gasteiger partial charge in [0.05, 0.1) is 16.8 Å². The first kappa shape index (κ1) is 13.3. The van der Waals surface area contributed by atoms with Gasteiger partial charge in [0.1, 0.15) is 0 Å². The third-order valence-electron chi connectivity index (χ3n) is 3.03. The van der Waals surface area contributed by atoms with Crippen LogP contribution in [-0.2, 0) is 5.54 Å². The number of aryl methyl sites for hydroxylation is 1. The Morgan fingerprint density at radius 2 is 1.79 bits per heavy atom. The Hall–Kier alpha value is -2.10. The molecule has 0 saturated carbocycles. The SMILES string of the molecule is Cc1nn(C(C)(C)C)cc1-c1ccc(C(=O)O)cc1. The van der Waals surface area contributed by atoms with Crippen LogP contribution in [0.4, 0.5) is 0 Å². The first-order chi connectivity index (χ1) is 8.79. The van der Waals surface area contributed by atoms with Gasteiger partial charge in [0.2, 0.25) is 0 Å². The largest absolute Gasteiger partial charge is 0.478 e. The lowest BCUT2D eigenvalue weighted by molar-refractivity contribution is 0.0697. The Morgan fingerprint density at radius 3 is 2.21 bits per heavy atom. The van der Waals surface area contributed by atoms with E-state index in [-0.39, 0.29) is 5.54 Å². The minimum atomic E-state index is -0.909. The van der Waals surface area contributed by atoms with Gasteiger partial charge in [-0.25, -0.2) is 4.79 Å². The molecule has 0 aliphatic carbocycles. The number of hydrogen-bond acceptors (Lipinski definition) is 2. The molecule has 0 aliphatic rings. The maximum absolute atomic E-state index is 10.8. The van der Waals surface area contributed by atoms with Crippen LogP contribution in [0.1, 0.15) is 36.8 Å². The maximum Gasteiger partial charge on any atom is 0.335 e. The molecule has 0 bridgehead atoms. The van der Waals surface area contributed by atoms with Crippen LogP contribution in [0.5, 0.6) is 0 Å². The Labute approximate surface area is 112 Å². The van der Waals surface area contributed by atoms with Gasteiger partial charge in [0.25, 0.3) is 0 Å². The van der Waals surface area contributed by atoms with Crippen LogP contribution in [-0.4, -0.2) is 20.9 Å². The maximum atomic E-state index is 10.8. The zero-order chi connectivity index (χ0) is 14.2. The van der Waals surface area contributed by atoms with E-state index in [1.165, 1.54) is 0 Å². The standard InChI is InChI=1S/C15H18N2O2/c1-10-13(9-17(16-10)15(2,3)4)11-5-7-12(8-6-11)14(18)19/h5-9H,1-4H3,(H,18,19). The number of hydrogen-bond donors (Lipinski definition) is 1. The number of carbonyl (C=O) groups is 1. The summed E-state index contributed by atoms with van der Waals surface area (Å²) in [7, 11) is 0. The molecular weight excluding hydrogens is 240 g/mol. The van der Waals surface area contributed by atoms with E-state index in [1.807, 2.05) is 29.9 Å². The number of aromatic nitrogens is 2. The van der Waals surface area contributed by atoms with Crippen LogP contribution >= 0.6 is 0 Å². The summed E-state index contributed by atoms with van der Waals surface area (Å²) < 4.78 is 1.93. The van der Waals surface area contributed by atoms with Crippen molar-refractivity contribution in [2.24, 2.45) is 0 Å². The van der Waals surface area contributed by atoms with Gasteiger partial charge < -0.3 is 5.11 Å². The summed E-state index contributed by atoms with van der Waals surface area (Å²) in [4.78, 5) is 10.8. The van der Waals surface area contributed by atoms with E-state index >= 15 is 0 Å². The minimum absolute atomic E-state index is 0.0655. The van der Waals surface area contributed by atoms with Crippen LogP contribution in [0, 0.1) is 6.92 Å². The Balaban J connectivity index is 2.42. The predicted molar refractivity (Wildman–Crippen MR) is 74.4 cm³/mol. The van der Waals surface area contributed by atoms with Gasteiger partial charge in [-0.2, -0.15) is 5.10 Å². The van der Waals surface area contributed by atoms with Gasteiger partial charge in [-0.3, -0.25) is 4.68 Å². The molecule has 0 fully saturated rings. The van der Waals surface area contributed by atoms with Crippen molar-refractivity contribution in [3.63, 3.8) is 0 Å². The Morgan fingerprint density at radius 1 is 1.21 bits per heavy atom. The zero-order valence-corrected chi connectivity index (χ0v) is 11.6. The van der Waals surface area contributed by atoms with Gasteiger partial charge in [0.15, 0.2) is 0 Å². The van der Waals surface area contributed by atoms with Gasteiger partial charge >= 0.3 is 5.97 Å². The molecule has 1 heterocycles. The second-order valence-electron chi connectivity index (χ2n) is 5.63. The summed E-state index contributed by atoms with van der Waals surface area (Å²) in [6.07, 6.45) is 2.01. The van der Waals surface area contributed by atoms with Gasteiger partial charge in [-0.15, -0.1) is 0 Å². The molecular formula is C15H18N2O2. The Kier molecular flexibility index (Phi) is 3.18. The van der Waals surface area contributed by atoms with Crippen molar-refractivity contribution in [2.75, 3.05) is 0 Å². The smallest absolute Gasteiger partial charge is 0.335 e. The highest BCUT2D eigenvalue weighted by atomic mass is 16.4. The number of carboxylic acids is 1. The van der Waals surface area contributed by atoms with Gasteiger partial charge in [0, 0.05) is 11.8 Å². The topological polar surface area (TPSA) is 55.1 Å². The lowest BCUT2D eigenvalue weighted by atomic mass is 10.0. The number of aromatic carboxylic acids is 1. The first-order valence-corrected chi connectivity index (χ1v) is 6.19. The second kappa shape index (κ2) is 4.53. The van der Waals surface area contributed by atoms with Crippen molar-refractivity contribution in [1.82, 2.24) is 9.78 Å². The summed E-state index contributed by atoms with van der Waals surface area (Å²) in [5, 5.41) is 13.4. The monoisotopic (exact) mass is 258 g/mol. The van der Waals surface area contributed by atoms with Crippen LogP contribution in [0.15, 0.2) is 30.5 Å². The highest BCUT2D eigenvalue weighted by Crippen LogP contribution is 2.25. The highest BCUT2D eigenvalue weighted by molar-refractivity contribution is 5.88. The molecule has 1 aromatic carbocycles. The predicted octanol–water partition coefficient (Wildman–Crippen LogP) is 3.31. The van der Waals surface area contributed by atoms with E-state index in [4.69, 9.17) is 5.11 Å². The van der Waals surface area contributed by atoms with Crippen molar-refractivity contribution in [3.05, 3.63) is 41.7 Å². The quantitative estimate of drug-likeness (QED) is 0.899. The number of rotatable bonds is 2. The molecule has 19 heavy (non-hydrogen) atoms. The van der Waals surface area contributed by atoms with Crippen molar-refractivity contribution >= 4 is 5.97 Å².